The Morgan fingerprint density at radius 2 is 2.00 bits per heavy atom. The van der Waals surface area contributed by atoms with Gasteiger partial charge in [-0.2, -0.15) is 0 Å². The third-order valence-corrected chi connectivity index (χ3v) is 3.04. The highest BCUT2D eigenvalue weighted by molar-refractivity contribution is 9.10. The maximum atomic E-state index is 13.2. The minimum absolute atomic E-state index is 0.190. The molecule has 0 saturated carbocycles. The van der Waals surface area contributed by atoms with E-state index in [0.29, 0.717) is 18.4 Å². The van der Waals surface area contributed by atoms with Gasteiger partial charge in [0, 0.05) is 4.47 Å². The number of benzene rings is 1. The second kappa shape index (κ2) is 6.36. The Kier molecular flexibility index (Phi) is 5.42. The summed E-state index contributed by atoms with van der Waals surface area (Å²) in [5.74, 6) is 0.879. The highest BCUT2D eigenvalue weighted by Gasteiger charge is 2.11. The minimum Gasteiger partial charge on any atom is -0.330 e. The normalized spacial score (nSPS) is 13.1. The van der Waals surface area contributed by atoms with Crippen LogP contribution < -0.4 is 5.73 Å². The van der Waals surface area contributed by atoms with Gasteiger partial charge in [0.05, 0.1) is 0 Å². The maximum Gasteiger partial charge on any atom is 0.124 e. The molecule has 1 unspecified atom stereocenters. The fourth-order valence-electron chi connectivity index (χ4n) is 1.99. The van der Waals surface area contributed by atoms with Crippen LogP contribution in [0.1, 0.15) is 25.8 Å². The number of rotatable bonds is 5. The predicted molar refractivity (Wildman–Crippen MR) is 69.8 cm³/mol. The Balaban J connectivity index is 2.69. The molecule has 1 nitrogen and oxygen atoms in total. The van der Waals surface area contributed by atoms with Crippen molar-refractivity contribution in [1.29, 1.82) is 0 Å². The van der Waals surface area contributed by atoms with Crippen molar-refractivity contribution in [3.8, 4) is 0 Å². The third-order valence-electron chi connectivity index (χ3n) is 2.58. The summed E-state index contributed by atoms with van der Waals surface area (Å²) in [6.45, 7) is 5.03. The van der Waals surface area contributed by atoms with Crippen LogP contribution >= 0.6 is 15.9 Å². The number of nitrogens with two attached hydrogens (primary N) is 1. The van der Waals surface area contributed by atoms with E-state index in [1.807, 2.05) is 6.07 Å². The van der Waals surface area contributed by atoms with Crippen molar-refractivity contribution >= 4 is 15.9 Å². The molecule has 0 fully saturated rings. The van der Waals surface area contributed by atoms with E-state index >= 15 is 0 Å². The SMILES string of the molecule is CC(C)CC(CN)Cc1cc(F)cc(Br)c1. The lowest BCUT2D eigenvalue weighted by Gasteiger charge is -2.17. The molecule has 3 heteroatoms. The smallest absolute Gasteiger partial charge is 0.124 e. The average molecular weight is 288 g/mol. The van der Waals surface area contributed by atoms with E-state index in [9.17, 15) is 4.39 Å². The van der Waals surface area contributed by atoms with Gasteiger partial charge >= 0.3 is 0 Å². The Hall–Kier alpha value is -0.410. The molecular formula is C13H19BrFN. The van der Waals surface area contributed by atoms with Crippen LogP contribution in [0.3, 0.4) is 0 Å². The number of hydrogen-bond donors (Lipinski definition) is 1. The largest absolute Gasteiger partial charge is 0.330 e. The molecule has 1 aromatic carbocycles. The molecule has 0 aliphatic rings. The molecule has 1 rings (SSSR count). The van der Waals surface area contributed by atoms with Crippen molar-refractivity contribution < 1.29 is 4.39 Å². The monoisotopic (exact) mass is 287 g/mol. The van der Waals surface area contributed by atoms with Gasteiger partial charge in [0.25, 0.3) is 0 Å². The summed E-state index contributed by atoms with van der Waals surface area (Å²) in [6.07, 6.45) is 1.94. The Morgan fingerprint density at radius 1 is 1.31 bits per heavy atom. The Labute approximate surface area is 105 Å². The van der Waals surface area contributed by atoms with Crippen molar-refractivity contribution in [2.24, 2.45) is 17.6 Å². The predicted octanol–water partition coefficient (Wildman–Crippen LogP) is 3.75. The molecule has 0 saturated heterocycles. The van der Waals surface area contributed by atoms with Gasteiger partial charge in [-0.05, 0) is 55.0 Å². The molecule has 0 heterocycles. The van der Waals surface area contributed by atoms with E-state index in [1.54, 1.807) is 6.07 Å². The van der Waals surface area contributed by atoms with Gasteiger partial charge < -0.3 is 5.73 Å². The quantitative estimate of drug-likeness (QED) is 0.877. The lowest BCUT2D eigenvalue weighted by molar-refractivity contribution is 0.414. The molecule has 1 atom stereocenters. The molecule has 0 aliphatic heterocycles. The number of halogens is 2. The molecule has 0 aromatic heterocycles. The summed E-state index contributed by atoms with van der Waals surface area (Å²) in [6, 6.07) is 5.03. The second-order valence-corrected chi connectivity index (χ2v) is 5.63. The lowest BCUT2D eigenvalue weighted by Crippen LogP contribution is -2.18. The van der Waals surface area contributed by atoms with Crippen LogP contribution in [0.5, 0.6) is 0 Å². The lowest BCUT2D eigenvalue weighted by atomic mass is 9.91. The number of hydrogen-bond acceptors (Lipinski definition) is 1. The highest BCUT2D eigenvalue weighted by atomic mass is 79.9. The van der Waals surface area contributed by atoms with E-state index in [4.69, 9.17) is 5.73 Å². The summed E-state index contributed by atoms with van der Waals surface area (Å²) in [7, 11) is 0. The topological polar surface area (TPSA) is 26.0 Å². The molecule has 0 bridgehead atoms. The van der Waals surface area contributed by atoms with Gasteiger partial charge in [0.2, 0.25) is 0 Å². The fraction of sp³-hybridized carbons (Fsp3) is 0.538. The van der Waals surface area contributed by atoms with Crippen LogP contribution in [0.15, 0.2) is 22.7 Å². The summed E-state index contributed by atoms with van der Waals surface area (Å²) >= 11 is 3.30. The molecule has 90 valence electrons. The molecule has 0 spiro atoms. The zero-order chi connectivity index (χ0) is 12.1. The maximum absolute atomic E-state index is 13.2. The first-order chi connectivity index (χ1) is 7.51. The van der Waals surface area contributed by atoms with Crippen LogP contribution in [0.2, 0.25) is 0 Å². The van der Waals surface area contributed by atoms with Crippen LogP contribution in [-0.2, 0) is 6.42 Å². The van der Waals surface area contributed by atoms with E-state index in [-0.39, 0.29) is 5.82 Å². The summed E-state index contributed by atoms with van der Waals surface area (Å²) in [4.78, 5) is 0. The van der Waals surface area contributed by atoms with Gasteiger partial charge in [-0.25, -0.2) is 4.39 Å². The van der Waals surface area contributed by atoms with Crippen molar-refractivity contribution in [1.82, 2.24) is 0 Å². The van der Waals surface area contributed by atoms with Gasteiger partial charge in [-0.1, -0.05) is 29.8 Å². The van der Waals surface area contributed by atoms with Gasteiger partial charge in [-0.3, -0.25) is 0 Å². The van der Waals surface area contributed by atoms with Crippen LogP contribution in [-0.4, -0.2) is 6.54 Å². The van der Waals surface area contributed by atoms with Crippen molar-refractivity contribution in [3.63, 3.8) is 0 Å². The zero-order valence-electron chi connectivity index (χ0n) is 9.84. The van der Waals surface area contributed by atoms with E-state index < -0.39 is 0 Å². The first-order valence-electron chi connectivity index (χ1n) is 5.66. The van der Waals surface area contributed by atoms with Crippen LogP contribution in [0.4, 0.5) is 4.39 Å². The zero-order valence-corrected chi connectivity index (χ0v) is 11.4. The minimum atomic E-state index is -0.190. The molecule has 0 radical (unpaired) electrons. The summed E-state index contributed by atoms with van der Waals surface area (Å²) < 4.78 is 14.0. The van der Waals surface area contributed by atoms with Crippen LogP contribution in [0.25, 0.3) is 0 Å². The summed E-state index contributed by atoms with van der Waals surface area (Å²) in [5.41, 5.74) is 6.76. The Morgan fingerprint density at radius 3 is 2.50 bits per heavy atom. The van der Waals surface area contributed by atoms with E-state index in [1.165, 1.54) is 6.07 Å². The Bertz CT molecular complexity index is 318. The standard InChI is InChI=1S/C13H19BrFN/c1-9(2)3-11(8-16)4-10-5-12(14)7-13(15)6-10/h5-7,9,11H,3-4,8,16H2,1-2H3. The van der Waals surface area contributed by atoms with Crippen molar-refractivity contribution in [2.75, 3.05) is 6.54 Å². The molecule has 1 aromatic rings. The second-order valence-electron chi connectivity index (χ2n) is 4.71. The van der Waals surface area contributed by atoms with Gasteiger partial charge in [0.1, 0.15) is 5.82 Å². The average Bonchev–Trinajstić information content (AvgIpc) is 2.14. The molecule has 2 N–H and O–H groups in total. The molecule has 0 amide bonds. The van der Waals surface area contributed by atoms with Crippen molar-refractivity contribution in [2.45, 2.75) is 26.7 Å². The first kappa shape index (κ1) is 13.7. The fourth-order valence-corrected chi connectivity index (χ4v) is 2.50. The molecule has 0 aliphatic carbocycles. The molecule has 16 heavy (non-hydrogen) atoms. The third kappa shape index (κ3) is 4.62. The molecular weight excluding hydrogens is 269 g/mol. The highest BCUT2D eigenvalue weighted by Crippen LogP contribution is 2.20. The van der Waals surface area contributed by atoms with Gasteiger partial charge in [-0.15, -0.1) is 0 Å². The first-order valence-corrected chi connectivity index (χ1v) is 6.45. The van der Waals surface area contributed by atoms with E-state index in [0.717, 1.165) is 22.9 Å². The van der Waals surface area contributed by atoms with Crippen LogP contribution in [0, 0.1) is 17.7 Å². The van der Waals surface area contributed by atoms with Crippen molar-refractivity contribution in [3.05, 3.63) is 34.1 Å². The van der Waals surface area contributed by atoms with Gasteiger partial charge in [0.15, 0.2) is 0 Å². The summed E-state index contributed by atoms with van der Waals surface area (Å²) in [5, 5.41) is 0. The van der Waals surface area contributed by atoms with E-state index in [2.05, 4.69) is 29.8 Å².